The van der Waals surface area contributed by atoms with Crippen molar-refractivity contribution in [2.24, 2.45) is 5.92 Å². The Labute approximate surface area is 260 Å². The van der Waals surface area contributed by atoms with Gasteiger partial charge in [-0.05, 0) is 32.6 Å². The molecule has 12 heteroatoms. The fourth-order valence-electron chi connectivity index (χ4n) is 3.93. The van der Waals surface area contributed by atoms with E-state index in [0.29, 0.717) is 31.6 Å². The molecule has 0 radical (unpaired) electrons. The van der Waals surface area contributed by atoms with E-state index in [9.17, 15) is 24.0 Å². The lowest BCUT2D eigenvalue weighted by Gasteiger charge is -2.22. The number of Topliss-reactive ketones (excluding diaryl/α,β-unsaturated/α-hetero) is 1. The van der Waals surface area contributed by atoms with Gasteiger partial charge in [-0.25, -0.2) is 0 Å². The average molecular weight is 616 g/mol. The van der Waals surface area contributed by atoms with Gasteiger partial charge in [-0.3, -0.25) is 24.0 Å². The third-order valence-electron chi connectivity index (χ3n) is 6.33. The van der Waals surface area contributed by atoms with Gasteiger partial charge in [0.25, 0.3) is 0 Å². The molecule has 1 aliphatic heterocycles. The first kappa shape index (κ1) is 38.0. The minimum absolute atomic E-state index is 0.0383. The summed E-state index contributed by atoms with van der Waals surface area (Å²) in [5.41, 5.74) is 0.889. The quantitative estimate of drug-likeness (QED) is 0.221. The van der Waals surface area contributed by atoms with E-state index in [0.717, 1.165) is 0 Å². The summed E-state index contributed by atoms with van der Waals surface area (Å²) >= 11 is 0. The Morgan fingerprint density at radius 1 is 0.909 bits per heavy atom. The maximum absolute atomic E-state index is 12.6. The van der Waals surface area contributed by atoms with Crippen LogP contribution in [0.15, 0.2) is 47.2 Å². The zero-order valence-electron chi connectivity index (χ0n) is 27.0. The Kier molecular flexibility index (Phi) is 17.3. The van der Waals surface area contributed by atoms with Gasteiger partial charge in [-0.2, -0.15) is 0 Å². The van der Waals surface area contributed by atoms with E-state index in [1.807, 2.05) is 52.8 Å². The van der Waals surface area contributed by atoms with Crippen LogP contribution in [0.2, 0.25) is 0 Å². The van der Waals surface area contributed by atoms with Crippen molar-refractivity contribution in [1.29, 1.82) is 0 Å². The molecule has 1 fully saturated rings. The molecule has 1 aromatic heterocycles. The second-order valence-corrected chi connectivity index (χ2v) is 10.9. The van der Waals surface area contributed by atoms with Crippen molar-refractivity contribution in [3.05, 3.63) is 53.9 Å². The predicted molar refractivity (Wildman–Crippen MR) is 166 cm³/mol. The van der Waals surface area contributed by atoms with Crippen LogP contribution >= 0.6 is 0 Å². The van der Waals surface area contributed by atoms with Crippen LogP contribution in [0.4, 0.5) is 0 Å². The lowest BCUT2D eigenvalue weighted by molar-refractivity contribution is -0.132. The van der Waals surface area contributed by atoms with Crippen molar-refractivity contribution in [3.63, 3.8) is 0 Å². The van der Waals surface area contributed by atoms with E-state index in [2.05, 4.69) is 50.0 Å². The molecule has 3 atom stereocenters. The Hall–Kier alpha value is -4.06. The number of hydrogen-bond acceptors (Lipinski definition) is 8. The lowest BCUT2D eigenvalue weighted by atomic mass is 9.93. The number of rotatable bonds is 15. The molecule has 0 spiro atoms. The normalized spacial score (nSPS) is 16.1. The first-order valence-corrected chi connectivity index (χ1v) is 15.2. The third kappa shape index (κ3) is 14.9. The standard InChI is InChI=1S/C23H35N5O7.C7H8.C2H6/c1-5-6-16(26-19(30)11-24-18(29)10-15-7-8-35-28-15)22(33)25-12-20(31)27-17(9-14(2)3)21(32)23(4)13-34-23;1-7-5-3-2-4-6-7;1-2/h7-8,14,16-17H,5-6,9-13H2,1-4H3,(H,24,29)(H,25,33)(H,26,30)(H,27,31);2-6H,1H3;1-2H3/t16-,17-,23?;;/m0../s1. The minimum atomic E-state index is -0.875. The van der Waals surface area contributed by atoms with E-state index in [-0.39, 0.29) is 31.2 Å². The van der Waals surface area contributed by atoms with E-state index < -0.39 is 41.3 Å². The predicted octanol–water partition coefficient (Wildman–Crippen LogP) is 2.64. The summed E-state index contributed by atoms with van der Waals surface area (Å²) in [5.74, 6) is -2.03. The van der Waals surface area contributed by atoms with Gasteiger partial charge in [0, 0.05) is 6.07 Å². The number of aromatic nitrogens is 1. The number of nitrogens with zero attached hydrogens (tertiary/aromatic N) is 1. The highest BCUT2D eigenvalue weighted by atomic mass is 16.6. The SMILES string of the molecule is CC.CCC[C@H](NC(=O)CNC(=O)Cc1ccon1)C(=O)NCC(=O)N[C@@H](CC(C)C)C(=O)C1(C)CO1.Cc1ccccc1. The molecular formula is C32H49N5O7. The second kappa shape index (κ2) is 20.0. The number of nitrogens with one attached hydrogen (secondary N) is 4. The summed E-state index contributed by atoms with van der Waals surface area (Å²) in [7, 11) is 0. The van der Waals surface area contributed by atoms with Crippen LogP contribution in [0, 0.1) is 12.8 Å². The number of hydrogen-bond donors (Lipinski definition) is 4. The molecule has 1 aromatic carbocycles. The van der Waals surface area contributed by atoms with E-state index in [1.54, 1.807) is 13.0 Å². The van der Waals surface area contributed by atoms with Crippen LogP contribution in [-0.4, -0.2) is 71.9 Å². The molecule has 1 saturated heterocycles. The number of carbonyl (C=O) groups excluding carboxylic acids is 5. The summed E-state index contributed by atoms with van der Waals surface area (Å²) in [6.45, 7) is 13.2. The van der Waals surface area contributed by atoms with Crippen LogP contribution in [0.3, 0.4) is 0 Å². The van der Waals surface area contributed by atoms with Crippen molar-refractivity contribution in [1.82, 2.24) is 26.4 Å². The highest BCUT2D eigenvalue weighted by molar-refractivity contribution is 5.97. The summed E-state index contributed by atoms with van der Waals surface area (Å²) < 4.78 is 9.86. The molecule has 3 rings (SSSR count). The van der Waals surface area contributed by atoms with Gasteiger partial charge in [-0.1, -0.05) is 82.1 Å². The first-order chi connectivity index (χ1) is 20.9. The zero-order valence-corrected chi connectivity index (χ0v) is 27.0. The highest BCUT2D eigenvalue weighted by Crippen LogP contribution is 2.29. The van der Waals surface area contributed by atoms with Crippen molar-refractivity contribution in [2.45, 2.75) is 91.8 Å². The number of carbonyl (C=O) groups is 5. The zero-order chi connectivity index (χ0) is 33.1. The van der Waals surface area contributed by atoms with Crippen molar-refractivity contribution >= 4 is 29.4 Å². The number of aryl methyl sites for hydroxylation is 1. The van der Waals surface area contributed by atoms with Gasteiger partial charge < -0.3 is 30.5 Å². The monoisotopic (exact) mass is 615 g/mol. The Bertz CT molecular complexity index is 1160. The Balaban J connectivity index is 0.000000927. The molecule has 0 saturated carbocycles. The molecule has 4 amide bonds. The maximum Gasteiger partial charge on any atom is 0.243 e. The Morgan fingerprint density at radius 3 is 1.98 bits per heavy atom. The summed E-state index contributed by atoms with van der Waals surface area (Å²) in [6.07, 6.45) is 2.70. The van der Waals surface area contributed by atoms with Crippen LogP contribution in [-0.2, 0) is 35.1 Å². The molecule has 2 aromatic rings. The number of benzene rings is 1. The maximum atomic E-state index is 12.6. The number of ether oxygens (including phenoxy) is 1. The molecule has 4 N–H and O–H groups in total. The van der Waals surface area contributed by atoms with Gasteiger partial charge in [0.05, 0.1) is 37.9 Å². The van der Waals surface area contributed by atoms with E-state index in [1.165, 1.54) is 11.8 Å². The summed E-state index contributed by atoms with van der Waals surface area (Å²) in [4.78, 5) is 61.8. The van der Waals surface area contributed by atoms with Crippen molar-refractivity contribution in [3.8, 4) is 0 Å². The Morgan fingerprint density at radius 2 is 1.50 bits per heavy atom. The van der Waals surface area contributed by atoms with Gasteiger partial charge in [0.15, 0.2) is 5.78 Å². The average Bonchev–Trinajstić information content (AvgIpc) is 3.54. The molecular weight excluding hydrogens is 566 g/mol. The van der Waals surface area contributed by atoms with E-state index >= 15 is 0 Å². The molecule has 0 aliphatic carbocycles. The first-order valence-electron chi connectivity index (χ1n) is 15.2. The van der Waals surface area contributed by atoms with Crippen LogP contribution in [0.5, 0.6) is 0 Å². The van der Waals surface area contributed by atoms with Crippen LogP contribution < -0.4 is 21.3 Å². The number of ketones is 1. The lowest BCUT2D eigenvalue weighted by Crippen LogP contribution is -2.53. The molecule has 1 aliphatic rings. The minimum Gasteiger partial charge on any atom is -0.364 e. The third-order valence-corrected chi connectivity index (χ3v) is 6.33. The largest absolute Gasteiger partial charge is 0.364 e. The molecule has 244 valence electrons. The molecule has 44 heavy (non-hydrogen) atoms. The molecule has 1 unspecified atom stereocenters. The van der Waals surface area contributed by atoms with Crippen LogP contribution in [0.25, 0.3) is 0 Å². The highest BCUT2D eigenvalue weighted by Gasteiger charge is 2.50. The van der Waals surface area contributed by atoms with Crippen LogP contribution in [0.1, 0.15) is 72.1 Å². The molecule has 2 heterocycles. The number of epoxide rings is 1. The van der Waals surface area contributed by atoms with Crippen molar-refractivity contribution < 1.29 is 33.2 Å². The smallest absolute Gasteiger partial charge is 0.243 e. The molecule has 0 bridgehead atoms. The van der Waals surface area contributed by atoms with Gasteiger partial charge in [0.2, 0.25) is 23.6 Å². The van der Waals surface area contributed by atoms with Gasteiger partial charge in [-0.15, -0.1) is 0 Å². The second-order valence-electron chi connectivity index (χ2n) is 10.9. The summed E-state index contributed by atoms with van der Waals surface area (Å²) in [5, 5.41) is 13.8. The fourth-order valence-corrected chi connectivity index (χ4v) is 3.93. The fraction of sp³-hybridized carbons (Fsp3) is 0.562. The topological polar surface area (TPSA) is 172 Å². The van der Waals surface area contributed by atoms with Gasteiger partial charge in [0.1, 0.15) is 17.9 Å². The summed E-state index contributed by atoms with van der Waals surface area (Å²) in [6, 6.07) is 10.2. The number of amides is 4. The van der Waals surface area contributed by atoms with Gasteiger partial charge >= 0.3 is 0 Å². The molecule has 12 nitrogen and oxygen atoms in total. The van der Waals surface area contributed by atoms with E-state index in [4.69, 9.17) is 4.74 Å². The van der Waals surface area contributed by atoms with Crippen molar-refractivity contribution in [2.75, 3.05) is 19.7 Å².